The van der Waals surface area contributed by atoms with Crippen LogP contribution >= 0.6 is 0 Å². The van der Waals surface area contributed by atoms with Crippen LogP contribution in [-0.2, 0) is 0 Å². The first-order chi connectivity index (χ1) is 9.69. The highest BCUT2D eigenvalue weighted by molar-refractivity contribution is 5.50. The molecule has 110 valence electrons. The van der Waals surface area contributed by atoms with Crippen LogP contribution in [0.4, 0.5) is 10.1 Å². The zero-order valence-corrected chi connectivity index (χ0v) is 12.4. The van der Waals surface area contributed by atoms with E-state index in [1.54, 1.807) is 6.07 Å². The molecule has 0 saturated carbocycles. The highest BCUT2D eigenvalue weighted by Crippen LogP contribution is 2.28. The van der Waals surface area contributed by atoms with Crippen LogP contribution in [0.1, 0.15) is 31.4 Å². The lowest BCUT2D eigenvalue weighted by atomic mass is 10.1. The summed E-state index contributed by atoms with van der Waals surface area (Å²) in [4.78, 5) is 4.77. The first-order valence-electron chi connectivity index (χ1n) is 7.64. The molecule has 4 heteroatoms. The van der Waals surface area contributed by atoms with Crippen molar-refractivity contribution in [3.8, 4) is 0 Å². The monoisotopic (exact) mass is 277 g/mol. The summed E-state index contributed by atoms with van der Waals surface area (Å²) >= 11 is 0. The molecule has 3 rings (SSSR count). The lowest BCUT2D eigenvalue weighted by Crippen LogP contribution is -2.50. The molecule has 2 aliphatic rings. The zero-order chi connectivity index (χ0) is 14.1. The average Bonchev–Trinajstić information content (AvgIpc) is 2.93. The summed E-state index contributed by atoms with van der Waals surface area (Å²) in [5.41, 5.74) is 1.77. The van der Waals surface area contributed by atoms with E-state index in [0.29, 0.717) is 6.04 Å². The van der Waals surface area contributed by atoms with Crippen LogP contribution in [0.15, 0.2) is 18.2 Å². The summed E-state index contributed by atoms with van der Waals surface area (Å²) in [7, 11) is 1.90. The number of hydrogen-bond donors (Lipinski definition) is 1. The molecule has 2 fully saturated rings. The molecule has 0 aromatic heterocycles. The highest BCUT2D eigenvalue weighted by Gasteiger charge is 2.31. The van der Waals surface area contributed by atoms with E-state index < -0.39 is 0 Å². The second-order valence-corrected chi connectivity index (χ2v) is 6.00. The van der Waals surface area contributed by atoms with Crippen LogP contribution in [0, 0.1) is 5.82 Å². The Balaban J connectivity index is 1.77. The maximum atomic E-state index is 14.4. The highest BCUT2D eigenvalue weighted by atomic mass is 19.1. The molecule has 0 amide bonds. The van der Waals surface area contributed by atoms with Gasteiger partial charge < -0.3 is 10.2 Å². The summed E-state index contributed by atoms with van der Waals surface area (Å²) in [6.07, 6.45) is 2.55. The van der Waals surface area contributed by atoms with E-state index in [1.165, 1.54) is 19.4 Å². The summed E-state index contributed by atoms with van der Waals surface area (Å²) in [6.45, 7) is 6.25. The van der Waals surface area contributed by atoms with Gasteiger partial charge in [-0.1, -0.05) is 6.07 Å². The molecule has 20 heavy (non-hydrogen) atoms. The van der Waals surface area contributed by atoms with Crippen molar-refractivity contribution in [3.63, 3.8) is 0 Å². The largest absolute Gasteiger partial charge is 0.366 e. The van der Waals surface area contributed by atoms with Crippen molar-refractivity contribution in [2.45, 2.75) is 31.8 Å². The third kappa shape index (κ3) is 2.54. The maximum Gasteiger partial charge on any atom is 0.146 e. The van der Waals surface area contributed by atoms with Crippen molar-refractivity contribution in [1.29, 1.82) is 0 Å². The zero-order valence-electron chi connectivity index (χ0n) is 12.4. The predicted octanol–water partition coefficient (Wildman–Crippen LogP) is 2.39. The third-order valence-corrected chi connectivity index (χ3v) is 4.83. The number of piperazine rings is 1. The van der Waals surface area contributed by atoms with Gasteiger partial charge in [-0.15, -0.1) is 0 Å². The first-order valence-corrected chi connectivity index (χ1v) is 7.64. The van der Waals surface area contributed by atoms with E-state index in [4.69, 9.17) is 0 Å². The Morgan fingerprint density at radius 1 is 1.30 bits per heavy atom. The maximum absolute atomic E-state index is 14.4. The standard InChI is InChI=1S/C16H24FN3/c1-12(18-2)13-5-6-16(15(17)10-13)20-9-8-19-7-3-4-14(19)11-20/h5-6,10,12,14,18H,3-4,7-9,11H2,1-2H3. The number of rotatable bonds is 3. The Labute approximate surface area is 120 Å². The number of hydrogen-bond acceptors (Lipinski definition) is 3. The minimum absolute atomic E-state index is 0.0870. The number of fused-ring (bicyclic) bond motifs is 1. The van der Waals surface area contributed by atoms with Gasteiger partial charge in [0.05, 0.1) is 5.69 Å². The van der Waals surface area contributed by atoms with Gasteiger partial charge >= 0.3 is 0 Å². The first kappa shape index (κ1) is 13.8. The van der Waals surface area contributed by atoms with E-state index >= 15 is 0 Å². The molecule has 0 radical (unpaired) electrons. The molecule has 0 bridgehead atoms. The second kappa shape index (κ2) is 5.70. The minimum Gasteiger partial charge on any atom is -0.366 e. The van der Waals surface area contributed by atoms with Crippen molar-refractivity contribution in [2.75, 3.05) is 38.1 Å². The van der Waals surface area contributed by atoms with Gasteiger partial charge in [-0.25, -0.2) is 4.39 Å². The number of nitrogens with one attached hydrogen (secondary N) is 1. The molecule has 2 atom stereocenters. The van der Waals surface area contributed by atoms with Crippen molar-refractivity contribution >= 4 is 5.69 Å². The number of benzene rings is 1. The average molecular weight is 277 g/mol. The Morgan fingerprint density at radius 2 is 2.15 bits per heavy atom. The van der Waals surface area contributed by atoms with E-state index in [1.807, 2.05) is 26.1 Å². The topological polar surface area (TPSA) is 18.5 Å². The Bertz CT molecular complexity index is 477. The Kier molecular flexibility index (Phi) is 3.94. The fourth-order valence-corrected chi connectivity index (χ4v) is 3.43. The van der Waals surface area contributed by atoms with Crippen LogP contribution in [0.3, 0.4) is 0 Å². The number of nitrogens with zero attached hydrogens (tertiary/aromatic N) is 2. The smallest absolute Gasteiger partial charge is 0.146 e. The lowest BCUT2D eigenvalue weighted by molar-refractivity contribution is 0.230. The van der Waals surface area contributed by atoms with E-state index in [2.05, 4.69) is 15.1 Å². The van der Waals surface area contributed by atoms with Gasteiger partial charge in [0.25, 0.3) is 0 Å². The Hall–Kier alpha value is -1.13. The molecule has 1 aromatic rings. The van der Waals surface area contributed by atoms with Crippen LogP contribution in [0.25, 0.3) is 0 Å². The van der Waals surface area contributed by atoms with Gasteiger partial charge in [0.2, 0.25) is 0 Å². The second-order valence-electron chi connectivity index (χ2n) is 6.00. The van der Waals surface area contributed by atoms with Crippen molar-refractivity contribution in [2.24, 2.45) is 0 Å². The molecule has 2 unspecified atom stereocenters. The summed E-state index contributed by atoms with van der Waals surface area (Å²) in [5.74, 6) is -0.0870. The minimum atomic E-state index is -0.0870. The SMILES string of the molecule is CNC(C)c1ccc(N2CCN3CCCC3C2)c(F)c1. The lowest BCUT2D eigenvalue weighted by Gasteiger charge is -2.39. The van der Waals surface area contributed by atoms with Crippen LogP contribution in [0.2, 0.25) is 0 Å². The van der Waals surface area contributed by atoms with Crippen LogP contribution in [-0.4, -0.2) is 44.2 Å². The van der Waals surface area contributed by atoms with Crippen molar-refractivity contribution in [1.82, 2.24) is 10.2 Å². The molecule has 2 heterocycles. The molecule has 0 spiro atoms. The summed E-state index contributed by atoms with van der Waals surface area (Å²) in [5, 5.41) is 3.15. The van der Waals surface area contributed by atoms with E-state index in [9.17, 15) is 4.39 Å². The van der Waals surface area contributed by atoms with Gasteiger partial charge in [-0.05, 0) is 51.1 Å². The Morgan fingerprint density at radius 3 is 2.90 bits per heavy atom. The molecule has 0 aliphatic carbocycles. The van der Waals surface area contributed by atoms with Crippen LogP contribution < -0.4 is 10.2 Å². The van der Waals surface area contributed by atoms with E-state index in [-0.39, 0.29) is 11.9 Å². The fourth-order valence-electron chi connectivity index (χ4n) is 3.43. The third-order valence-electron chi connectivity index (χ3n) is 4.83. The van der Waals surface area contributed by atoms with Crippen LogP contribution in [0.5, 0.6) is 0 Å². The van der Waals surface area contributed by atoms with Gasteiger partial charge in [-0.3, -0.25) is 4.90 Å². The van der Waals surface area contributed by atoms with Gasteiger partial charge in [0.15, 0.2) is 0 Å². The van der Waals surface area contributed by atoms with E-state index in [0.717, 1.165) is 30.9 Å². The fraction of sp³-hybridized carbons (Fsp3) is 0.625. The summed E-state index contributed by atoms with van der Waals surface area (Å²) < 4.78 is 14.4. The summed E-state index contributed by atoms with van der Waals surface area (Å²) in [6, 6.07) is 6.48. The number of anilines is 1. The molecule has 2 aliphatic heterocycles. The molecule has 2 saturated heterocycles. The molecular formula is C16H24FN3. The van der Waals surface area contributed by atoms with Crippen molar-refractivity contribution in [3.05, 3.63) is 29.6 Å². The quantitative estimate of drug-likeness (QED) is 0.915. The molecular weight excluding hydrogens is 253 g/mol. The van der Waals surface area contributed by atoms with Gasteiger partial charge in [-0.2, -0.15) is 0 Å². The van der Waals surface area contributed by atoms with Crippen molar-refractivity contribution < 1.29 is 4.39 Å². The molecule has 1 N–H and O–H groups in total. The van der Waals surface area contributed by atoms with Gasteiger partial charge in [0.1, 0.15) is 5.82 Å². The normalized spacial score (nSPS) is 24.8. The molecule has 1 aromatic carbocycles. The van der Waals surface area contributed by atoms with Gasteiger partial charge in [0, 0.05) is 31.7 Å². The predicted molar refractivity (Wildman–Crippen MR) is 80.7 cm³/mol. The number of halogens is 1. The molecule has 3 nitrogen and oxygen atoms in total.